The molecule has 3 amide bonds. The first-order chi connectivity index (χ1) is 26.8. The summed E-state index contributed by atoms with van der Waals surface area (Å²) in [4.78, 5) is 47.1. The minimum atomic E-state index is -0.600. The number of piperazine rings is 1. The highest BCUT2D eigenvalue weighted by atomic mass is 32.1. The Morgan fingerprint density at radius 2 is 1.53 bits per heavy atom. The van der Waals surface area contributed by atoms with Crippen molar-refractivity contribution in [3.63, 3.8) is 0 Å². The van der Waals surface area contributed by atoms with Crippen LogP contribution < -0.4 is 19.9 Å². The third-order valence-corrected chi connectivity index (χ3v) is 12.7. The van der Waals surface area contributed by atoms with Crippen LogP contribution in [0.25, 0.3) is 20.5 Å². The Kier molecular flexibility index (Phi) is 9.39. The number of rotatable bonds is 8. The summed E-state index contributed by atoms with van der Waals surface area (Å²) >= 11 is 1.51. The molecule has 0 aliphatic carbocycles. The van der Waals surface area contributed by atoms with E-state index in [4.69, 9.17) is 4.74 Å². The number of phenolic OH excluding ortho intramolecular Hbond substituents is 1. The van der Waals surface area contributed by atoms with E-state index in [0.29, 0.717) is 30.2 Å². The van der Waals surface area contributed by atoms with Crippen molar-refractivity contribution in [1.29, 1.82) is 0 Å². The molecule has 4 aromatic carbocycles. The van der Waals surface area contributed by atoms with Gasteiger partial charge in [-0.2, -0.15) is 0 Å². The van der Waals surface area contributed by atoms with Gasteiger partial charge in [0.25, 0.3) is 5.91 Å². The van der Waals surface area contributed by atoms with Gasteiger partial charge in [-0.05, 0) is 109 Å². The molecule has 3 fully saturated rings. The minimum Gasteiger partial charge on any atom is -0.508 e. The Hall–Kier alpha value is -5.46. The molecule has 0 radical (unpaired) electrons. The first-order valence-corrected chi connectivity index (χ1v) is 19.9. The normalized spacial score (nSPS) is 19.6. The standard InChI is InChI=1S/C43H42FN5O5S/c44-30-3-1-28(2-4-30)41-40(36-12-8-33(50)24-38(36)55-41)54-34-9-5-31(6-10-34)47-17-15-27(16-18-47)25-46-19-21-48(22-20-46)32-7-11-35-29(23-32)26-49(43(35)53)37-13-14-39(51)45-42(37)52/h1-12,23-24,27,37,50H,13-22,25-26H2,(H,45,51,52). The van der Waals surface area contributed by atoms with E-state index in [2.05, 4.69) is 38.2 Å². The Bertz CT molecular complexity index is 2260. The zero-order valence-electron chi connectivity index (χ0n) is 30.4. The van der Waals surface area contributed by atoms with Crippen molar-refractivity contribution in [2.45, 2.75) is 38.3 Å². The van der Waals surface area contributed by atoms with Gasteiger partial charge in [0.15, 0.2) is 5.75 Å². The smallest absolute Gasteiger partial charge is 0.255 e. The molecule has 282 valence electrons. The van der Waals surface area contributed by atoms with Gasteiger partial charge in [0.05, 0.1) is 4.88 Å². The first kappa shape index (κ1) is 35.3. The molecule has 0 saturated carbocycles. The molecule has 0 spiro atoms. The van der Waals surface area contributed by atoms with E-state index < -0.39 is 6.04 Å². The molecule has 3 saturated heterocycles. The molecule has 9 rings (SSSR count). The molecule has 1 aromatic heterocycles. The van der Waals surface area contributed by atoms with Crippen LogP contribution in [-0.4, -0.2) is 84.5 Å². The van der Waals surface area contributed by atoms with Gasteiger partial charge in [0.2, 0.25) is 11.8 Å². The highest BCUT2D eigenvalue weighted by molar-refractivity contribution is 7.22. The van der Waals surface area contributed by atoms with Crippen LogP contribution >= 0.6 is 11.3 Å². The average Bonchev–Trinajstić information content (AvgIpc) is 3.71. The number of thiophene rings is 1. The van der Waals surface area contributed by atoms with Crippen molar-refractivity contribution in [1.82, 2.24) is 15.1 Å². The Morgan fingerprint density at radius 3 is 2.27 bits per heavy atom. The molecule has 4 aliphatic rings. The summed E-state index contributed by atoms with van der Waals surface area (Å²) in [6.45, 7) is 7.31. The maximum absolute atomic E-state index is 13.7. The third-order valence-electron chi connectivity index (χ3n) is 11.5. The second-order valence-electron chi connectivity index (χ2n) is 15.0. The summed E-state index contributed by atoms with van der Waals surface area (Å²) in [6, 6.07) is 25.3. The molecule has 1 unspecified atom stereocenters. The molecule has 5 aromatic rings. The Labute approximate surface area is 322 Å². The topological polar surface area (TPSA) is 106 Å². The number of benzene rings is 4. The van der Waals surface area contributed by atoms with Crippen LogP contribution in [0.2, 0.25) is 0 Å². The fraction of sp³-hybridized carbons (Fsp3) is 0.326. The van der Waals surface area contributed by atoms with Crippen molar-refractivity contribution >= 4 is 50.5 Å². The number of fused-ring (bicyclic) bond motifs is 2. The van der Waals surface area contributed by atoms with E-state index in [1.54, 1.807) is 29.2 Å². The molecule has 0 bridgehead atoms. The van der Waals surface area contributed by atoms with Gasteiger partial charge >= 0.3 is 0 Å². The second-order valence-corrected chi connectivity index (χ2v) is 16.1. The first-order valence-electron chi connectivity index (χ1n) is 19.0. The van der Waals surface area contributed by atoms with E-state index in [0.717, 1.165) is 96.2 Å². The third kappa shape index (κ3) is 7.12. The van der Waals surface area contributed by atoms with Crippen LogP contribution in [0.4, 0.5) is 15.8 Å². The van der Waals surface area contributed by atoms with Gasteiger partial charge < -0.3 is 24.5 Å². The van der Waals surface area contributed by atoms with Crippen LogP contribution in [0.5, 0.6) is 17.2 Å². The van der Waals surface area contributed by atoms with Gasteiger partial charge in [-0.15, -0.1) is 11.3 Å². The zero-order valence-corrected chi connectivity index (χ0v) is 31.2. The number of piperidine rings is 2. The number of carbonyl (C=O) groups excluding carboxylic acids is 3. The van der Waals surface area contributed by atoms with E-state index in [1.807, 2.05) is 30.3 Å². The van der Waals surface area contributed by atoms with Crippen molar-refractivity contribution in [3.8, 4) is 27.7 Å². The van der Waals surface area contributed by atoms with E-state index in [9.17, 15) is 23.9 Å². The molecule has 1 atom stereocenters. The van der Waals surface area contributed by atoms with Gasteiger partial charge in [0, 0.05) is 85.8 Å². The maximum Gasteiger partial charge on any atom is 0.255 e. The number of halogens is 1. The van der Waals surface area contributed by atoms with Gasteiger partial charge in [-0.1, -0.05) is 12.1 Å². The number of imide groups is 1. The highest BCUT2D eigenvalue weighted by Crippen LogP contribution is 2.47. The maximum atomic E-state index is 13.7. The van der Waals surface area contributed by atoms with Crippen molar-refractivity contribution < 1.29 is 28.6 Å². The Morgan fingerprint density at radius 1 is 0.800 bits per heavy atom. The highest BCUT2D eigenvalue weighted by Gasteiger charge is 2.39. The monoisotopic (exact) mass is 759 g/mol. The van der Waals surface area contributed by atoms with Crippen LogP contribution in [0.3, 0.4) is 0 Å². The molecular weight excluding hydrogens is 718 g/mol. The van der Waals surface area contributed by atoms with Crippen LogP contribution in [0, 0.1) is 11.7 Å². The zero-order chi connectivity index (χ0) is 37.6. The number of aromatic hydroxyl groups is 1. The van der Waals surface area contributed by atoms with Crippen molar-refractivity contribution in [2.75, 3.05) is 55.6 Å². The number of hydrogen-bond donors (Lipinski definition) is 2. The molecular formula is C43H42FN5O5S. The predicted octanol–water partition coefficient (Wildman–Crippen LogP) is 7.00. The van der Waals surface area contributed by atoms with Gasteiger partial charge in [-0.25, -0.2) is 4.39 Å². The summed E-state index contributed by atoms with van der Waals surface area (Å²) in [7, 11) is 0. The fourth-order valence-corrected chi connectivity index (χ4v) is 9.65. The lowest BCUT2D eigenvalue weighted by Gasteiger charge is -2.40. The summed E-state index contributed by atoms with van der Waals surface area (Å²) in [5.41, 5.74) is 4.73. The number of anilines is 2. The van der Waals surface area contributed by atoms with Crippen LogP contribution in [0.15, 0.2) is 84.9 Å². The van der Waals surface area contributed by atoms with E-state index in [-0.39, 0.29) is 35.7 Å². The summed E-state index contributed by atoms with van der Waals surface area (Å²) in [6.07, 6.45) is 2.89. The number of ether oxygens (including phenoxy) is 1. The molecule has 4 aliphatic heterocycles. The molecule has 5 heterocycles. The number of carbonyl (C=O) groups is 3. The summed E-state index contributed by atoms with van der Waals surface area (Å²) in [5, 5.41) is 13.4. The van der Waals surface area contributed by atoms with Crippen molar-refractivity contribution in [2.24, 2.45) is 5.92 Å². The summed E-state index contributed by atoms with van der Waals surface area (Å²) in [5.74, 6) is 1.16. The number of phenols is 1. The molecule has 10 nitrogen and oxygen atoms in total. The number of hydrogen-bond acceptors (Lipinski definition) is 9. The lowest BCUT2D eigenvalue weighted by atomic mass is 9.95. The largest absolute Gasteiger partial charge is 0.508 e. The quantitative estimate of drug-likeness (QED) is 0.163. The van der Waals surface area contributed by atoms with Crippen LogP contribution in [0.1, 0.15) is 41.6 Å². The minimum absolute atomic E-state index is 0.137. The van der Waals surface area contributed by atoms with Crippen molar-refractivity contribution in [3.05, 3.63) is 102 Å². The summed E-state index contributed by atoms with van der Waals surface area (Å²) < 4.78 is 21.1. The van der Waals surface area contributed by atoms with E-state index in [1.165, 1.54) is 29.2 Å². The number of nitrogens with zero attached hydrogens (tertiary/aromatic N) is 4. The molecule has 2 N–H and O–H groups in total. The number of nitrogens with one attached hydrogen (secondary N) is 1. The average molecular weight is 760 g/mol. The van der Waals surface area contributed by atoms with Crippen LogP contribution in [-0.2, 0) is 16.1 Å². The Balaban J connectivity index is 0.769. The predicted molar refractivity (Wildman–Crippen MR) is 211 cm³/mol. The lowest BCUT2D eigenvalue weighted by molar-refractivity contribution is -0.136. The van der Waals surface area contributed by atoms with Gasteiger partial charge in [-0.3, -0.25) is 24.6 Å². The SMILES string of the molecule is O=C1CCC(N2Cc3cc(N4CCN(CC5CCN(c6ccc(Oc7c(-c8ccc(F)cc8)sc8cc(O)ccc78)cc6)CC5)CC4)ccc3C2=O)C(=O)N1. The lowest BCUT2D eigenvalue weighted by Crippen LogP contribution is -2.52. The van der Waals surface area contributed by atoms with Gasteiger partial charge in [0.1, 0.15) is 23.4 Å². The fourth-order valence-electron chi connectivity index (χ4n) is 8.48. The number of amides is 3. The van der Waals surface area contributed by atoms with E-state index >= 15 is 0 Å². The second kappa shape index (κ2) is 14.6. The molecule has 12 heteroatoms. The molecule has 55 heavy (non-hydrogen) atoms.